The van der Waals surface area contributed by atoms with Gasteiger partial charge in [0.15, 0.2) is 0 Å². The Balaban J connectivity index is 0.000000676. The SMILES string of the molecule is C1CC1.C=N/C=C(C=N)/C1=C/N/N=C\C=C(\N2CCCC(N)C2)C1=C. The van der Waals surface area contributed by atoms with Gasteiger partial charge in [-0.2, -0.15) is 5.10 Å². The zero-order chi connectivity index (χ0) is 18.1. The predicted molar refractivity (Wildman–Crippen MR) is 106 cm³/mol. The van der Waals surface area contributed by atoms with Crippen LogP contribution in [0.5, 0.6) is 0 Å². The van der Waals surface area contributed by atoms with Gasteiger partial charge in [0, 0.05) is 66.4 Å². The van der Waals surface area contributed by atoms with Crippen LogP contribution in [0.1, 0.15) is 32.1 Å². The highest BCUT2D eigenvalue weighted by atomic mass is 15.3. The summed E-state index contributed by atoms with van der Waals surface area (Å²) in [6, 6.07) is 0.169. The molecule has 2 fully saturated rings. The molecule has 1 saturated heterocycles. The average Bonchev–Trinajstić information content (AvgIpc) is 3.46. The molecule has 0 bridgehead atoms. The third-order valence-electron chi connectivity index (χ3n) is 4.07. The standard InChI is InChI=1S/C16H22N6.C3H6/c1-12-15(13(8-17)9-19-2)10-21-20-6-5-16(12)22-7-3-4-14(18)11-22;1-2-3-1/h5-6,8-10,14,17,21H,1-4,7,11,18H2;1-3H2/b13-9+,15-10+,16-5+,17-8?,20-6-;. The lowest BCUT2D eigenvalue weighted by atomic mass is 9.95. The van der Waals surface area contributed by atoms with Crippen LogP contribution in [0.25, 0.3) is 0 Å². The number of hydrazone groups is 1. The van der Waals surface area contributed by atoms with Gasteiger partial charge in [-0.25, -0.2) is 0 Å². The van der Waals surface area contributed by atoms with E-state index in [9.17, 15) is 0 Å². The quantitative estimate of drug-likeness (QED) is 0.687. The van der Waals surface area contributed by atoms with Crippen LogP contribution in [0.15, 0.2) is 57.6 Å². The van der Waals surface area contributed by atoms with Crippen molar-refractivity contribution < 1.29 is 0 Å². The smallest absolute Gasteiger partial charge is 0.0492 e. The van der Waals surface area contributed by atoms with Gasteiger partial charge in [0.2, 0.25) is 0 Å². The number of nitrogens with zero attached hydrogens (tertiary/aromatic N) is 3. The third kappa shape index (κ3) is 5.83. The van der Waals surface area contributed by atoms with E-state index in [4.69, 9.17) is 11.1 Å². The number of likely N-dealkylation sites (tertiary alicyclic amines) is 1. The first-order valence-electron chi connectivity index (χ1n) is 8.73. The Hall–Kier alpha value is -2.47. The number of hydrogen-bond donors (Lipinski definition) is 3. The summed E-state index contributed by atoms with van der Waals surface area (Å²) in [5.41, 5.74) is 12.1. The van der Waals surface area contributed by atoms with Crippen LogP contribution in [0.3, 0.4) is 0 Å². The highest BCUT2D eigenvalue weighted by molar-refractivity contribution is 5.86. The Morgan fingerprint density at radius 2 is 2.16 bits per heavy atom. The van der Waals surface area contributed by atoms with Crippen molar-refractivity contribution in [2.45, 2.75) is 38.1 Å². The van der Waals surface area contributed by atoms with Gasteiger partial charge in [0.1, 0.15) is 0 Å². The number of nitrogens with two attached hydrogens (primary N) is 1. The van der Waals surface area contributed by atoms with Gasteiger partial charge in [-0.05, 0) is 25.6 Å². The second-order valence-corrected chi connectivity index (χ2v) is 6.32. The lowest BCUT2D eigenvalue weighted by Gasteiger charge is -2.35. The Kier molecular flexibility index (Phi) is 7.35. The maximum absolute atomic E-state index is 7.58. The van der Waals surface area contributed by atoms with E-state index in [0.29, 0.717) is 5.57 Å². The fourth-order valence-corrected chi connectivity index (χ4v) is 2.64. The van der Waals surface area contributed by atoms with Crippen molar-refractivity contribution in [3.05, 3.63) is 47.5 Å². The van der Waals surface area contributed by atoms with E-state index in [1.807, 2.05) is 6.08 Å². The lowest BCUT2D eigenvalue weighted by Crippen LogP contribution is -2.42. The molecule has 2 aliphatic heterocycles. The molecule has 0 aromatic rings. The first-order chi connectivity index (χ1) is 12.2. The van der Waals surface area contributed by atoms with Crippen molar-refractivity contribution >= 4 is 19.1 Å². The Morgan fingerprint density at radius 1 is 1.40 bits per heavy atom. The normalized spacial score (nSPS) is 28.5. The second kappa shape index (κ2) is 9.74. The first kappa shape index (κ1) is 18.9. The molecule has 0 aromatic carbocycles. The average molecular weight is 340 g/mol. The lowest BCUT2D eigenvalue weighted by molar-refractivity contribution is 0.264. The van der Waals surface area contributed by atoms with E-state index in [1.54, 1.807) is 12.4 Å². The summed E-state index contributed by atoms with van der Waals surface area (Å²) in [7, 11) is 0. The topological polar surface area (TPSA) is 89.9 Å². The fourth-order valence-electron chi connectivity index (χ4n) is 2.64. The minimum atomic E-state index is 0.169. The molecule has 1 aliphatic carbocycles. The highest BCUT2D eigenvalue weighted by Gasteiger charge is 2.22. The molecule has 3 aliphatic rings. The van der Waals surface area contributed by atoms with E-state index >= 15 is 0 Å². The van der Waals surface area contributed by atoms with E-state index in [-0.39, 0.29) is 6.04 Å². The number of rotatable bonds is 4. The monoisotopic (exact) mass is 340 g/mol. The molecule has 6 nitrogen and oxygen atoms in total. The van der Waals surface area contributed by atoms with Crippen molar-refractivity contribution in [3.63, 3.8) is 0 Å². The molecule has 0 radical (unpaired) electrons. The van der Waals surface area contributed by atoms with Crippen LogP contribution in [0.2, 0.25) is 0 Å². The molecule has 0 spiro atoms. The van der Waals surface area contributed by atoms with Gasteiger partial charge in [0.05, 0.1) is 0 Å². The number of piperidine rings is 1. The fraction of sp³-hybridized carbons (Fsp3) is 0.421. The zero-order valence-corrected chi connectivity index (χ0v) is 14.7. The molecule has 25 heavy (non-hydrogen) atoms. The molecule has 4 N–H and O–H groups in total. The number of hydrogen-bond acceptors (Lipinski definition) is 6. The maximum Gasteiger partial charge on any atom is 0.0492 e. The largest absolute Gasteiger partial charge is 0.369 e. The summed E-state index contributed by atoms with van der Waals surface area (Å²) >= 11 is 0. The summed E-state index contributed by atoms with van der Waals surface area (Å²) in [4.78, 5) is 5.98. The zero-order valence-electron chi connectivity index (χ0n) is 14.7. The molecular formula is C19H28N6. The molecule has 2 heterocycles. The number of aliphatic imine (C=N–C) groups is 1. The van der Waals surface area contributed by atoms with E-state index in [1.165, 1.54) is 31.7 Å². The summed E-state index contributed by atoms with van der Waals surface area (Å²) in [5.74, 6) is 0. The molecule has 1 atom stereocenters. The van der Waals surface area contributed by atoms with Crippen LogP contribution in [-0.4, -0.2) is 43.2 Å². The number of nitrogens with one attached hydrogen (secondary N) is 2. The van der Waals surface area contributed by atoms with Crippen molar-refractivity contribution in [2.24, 2.45) is 15.8 Å². The molecule has 1 saturated carbocycles. The van der Waals surface area contributed by atoms with Crippen molar-refractivity contribution in [2.75, 3.05) is 13.1 Å². The molecule has 1 unspecified atom stereocenters. The van der Waals surface area contributed by atoms with E-state index in [0.717, 1.165) is 42.8 Å². The highest BCUT2D eigenvalue weighted by Crippen LogP contribution is 2.28. The Morgan fingerprint density at radius 3 is 2.76 bits per heavy atom. The van der Waals surface area contributed by atoms with Crippen LogP contribution in [0.4, 0.5) is 0 Å². The van der Waals surface area contributed by atoms with Crippen LogP contribution >= 0.6 is 0 Å². The first-order valence-corrected chi connectivity index (χ1v) is 8.73. The van der Waals surface area contributed by atoms with Crippen molar-refractivity contribution in [1.82, 2.24) is 10.3 Å². The minimum absolute atomic E-state index is 0.169. The molecular weight excluding hydrogens is 312 g/mol. The summed E-state index contributed by atoms with van der Waals surface area (Å²) in [6.45, 7) is 9.39. The Bertz CT molecular complexity index is 621. The van der Waals surface area contributed by atoms with E-state index < -0.39 is 0 Å². The van der Waals surface area contributed by atoms with Gasteiger partial charge in [0.25, 0.3) is 0 Å². The minimum Gasteiger partial charge on any atom is -0.369 e. The van der Waals surface area contributed by atoms with Crippen molar-refractivity contribution in [3.8, 4) is 0 Å². The summed E-state index contributed by atoms with van der Waals surface area (Å²) < 4.78 is 0. The van der Waals surface area contributed by atoms with Gasteiger partial charge in [-0.1, -0.05) is 25.8 Å². The van der Waals surface area contributed by atoms with Gasteiger partial charge < -0.3 is 16.0 Å². The molecule has 3 rings (SSSR count). The molecule has 6 heteroatoms. The second-order valence-electron chi connectivity index (χ2n) is 6.32. The van der Waals surface area contributed by atoms with Gasteiger partial charge in [-0.15, -0.1) is 0 Å². The molecule has 134 valence electrons. The molecule has 0 amide bonds. The maximum atomic E-state index is 7.58. The van der Waals surface area contributed by atoms with Gasteiger partial charge in [-0.3, -0.25) is 10.4 Å². The predicted octanol–water partition coefficient (Wildman–Crippen LogP) is 2.73. The Labute approximate surface area is 150 Å². The number of allylic oxidation sites excluding steroid dienone is 3. The van der Waals surface area contributed by atoms with Gasteiger partial charge >= 0.3 is 0 Å². The third-order valence-corrected chi connectivity index (χ3v) is 4.07. The van der Waals surface area contributed by atoms with Crippen LogP contribution in [-0.2, 0) is 0 Å². The van der Waals surface area contributed by atoms with Crippen LogP contribution in [0, 0.1) is 5.41 Å². The van der Waals surface area contributed by atoms with Crippen molar-refractivity contribution in [1.29, 1.82) is 5.41 Å². The molecule has 0 aromatic heterocycles. The summed E-state index contributed by atoms with van der Waals surface area (Å²) in [6.07, 6.45) is 14.7. The van der Waals surface area contributed by atoms with Crippen LogP contribution < -0.4 is 11.2 Å². The van der Waals surface area contributed by atoms with E-state index in [2.05, 4.69) is 33.7 Å². The summed E-state index contributed by atoms with van der Waals surface area (Å²) in [5, 5.41) is 11.7.